The molecule has 0 atom stereocenters. The monoisotopic (exact) mass is 274 g/mol. The fourth-order valence-electron chi connectivity index (χ4n) is 1.19. The van der Waals surface area contributed by atoms with E-state index in [0.717, 1.165) is 10.7 Å². The van der Waals surface area contributed by atoms with E-state index in [4.69, 9.17) is 23.2 Å². The van der Waals surface area contributed by atoms with Crippen LogP contribution in [0.5, 0.6) is 5.75 Å². The van der Waals surface area contributed by atoms with E-state index < -0.39 is 0 Å². The summed E-state index contributed by atoms with van der Waals surface area (Å²) in [6.07, 6.45) is 1.75. The van der Waals surface area contributed by atoms with Crippen molar-refractivity contribution in [3.05, 3.63) is 38.8 Å². The molecule has 2 rings (SSSR count). The van der Waals surface area contributed by atoms with E-state index in [0.29, 0.717) is 6.54 Å². The van der Waals surface area contributed by atoms with Crippen molar-refractivity contribution >= 4 is 40.2 Å². The number of thiazole rings is 1. The molecule has 0 saturated heterocycles. The lowest BCUT2D eigenvalue weighted by molar-refractivity contribution is 0.476. The molecule has 1 heterocycles. The lowest BCUT2D eigenvalue weighted by Crippen LogP contribution is -1.98. The number of halogens is 2. The fourth-order valence-corrected chi connectivity index (χ4v) is 2.23. The molecule has 0 unspecified atom stereocenters. The van der Waals surface area contributed by atoms with Crippen LogP contribution >= 0.6 is 34.5 Å². The van der Waals surface area contributed by atoms with Crippen LogP contribution in [0.3, 0.4) is 0 Å². The molecule has 0 radical (unpaired) electrons. The summed E-state index contributed by atoms with van der Waals surface area (Å²) < 4.78 is 0. The summed E-state index contributed by atoms with van der Waals surface area (Å²) in [6, 6.07) is 3.24. The zero-order chi connectivity index (χ0) is 11.5. The Morgan fingerprint density at radius 3 is 2.56 bits per heavy atom. The normalized spacial score (nSPS) is 10.4. The number of benzene rings is 1. The molecule has 6 heteroatoms. The topological polar surface area (TPSA) is 45.1 Å². The summed E-state index contributed by atoms with van der Waals surface area (Å²) in [5, 5.41) is 15.8. The first-order chi connectivity index (χ1) is 7.66. The van der Waals surface area contributed by atoms with E-state index in [1.165, 1.54) is 0 Å². The van der Waals surface area contributed by atoms with Gasteiger partial charge in [-0.15, -0.1) is 11.3 Å². The summed E-state index contributed by atoms with van der Waals surface area (Å²) in [7, 11) is 0. The molecule has 0 fully saturated rings. The molecule has 3 nitrogen and oxygen atoms in total. The van der Waals surface area contributed by atoms with Crippen LogP contribution in [0, 0.1) is 0 Å². The quantitative estimate of drug-likeness (QED) is 0.838. The average molecular weight is 275 g/mol. The average Bonchev–Trinajstić information content (AvgIpc) is 2.75. The molecule has 0 spiro atoms. The number of anilines is 1. The highest BCUT2D eigenvalue weighted by atomic mass is 35.5. The molecule has 0 aliphatic heterocycles. The smallest absolute Gasteiger partial charge is 0.152 e. The molecule has 16 heavy (non-hydrogen) atoms. The van der Waals surface area contributed by atoms with Crippen LogP contribution in [-0.4, -0.2) is 10.1 Å². The van der Waals surface area contributed by atoms with Gasteiger partial charge in [0.2, 0.25) is 0 Å². The lowest BCUT2D eigenvalue weighted by Gasteiger charge is -2.07. The Bertz CT molecular complexity index is 465. The first-order valence-corrected chi connectivity index (χ1v) is 6.10. The Kier molecular flexibility index (Phi) is 3.53. The summed E-state index contributed by atoms with van der Waals surface area (Å²) in [6.45, 7) is 0.606. The first kappa shape index (κ1) is 11.5. The molecule has 1 aromatic carbocycles. The number of phenolic OH excluding ortho intramolecular Hbond substituents is 1. The third-order valence-electron chi connectivity index (χ3n) is 1.94. The molecule has 0 bridgehead atoms. The summed E-state index contributed by atoms with van der Waals surface area (Å²) in [5.41, 5.74) is 0.753. The van der Waals surface area contributed by atoms with Crippen molar-refractivity contribution in [1.82, 2.24) is 4.98 Å². The minimum absolute atomic E-state index is 0.0943. The zero-order valence-electron chi connectivity index (χ0n) is 8.08. The van der Waals surface area contributed by atoms with Crippen molar-refractivity contribution in [3.63, 3.8) is 0 Å². The van der Waals surface area contributed by atoms with Crippen LogP contribution in [0.2, 0.25) is 10.0 Å². The number of rotatable bonds is 3. The number of hydrogen-bond donors (Lipinski definition) is 2. The third kappa shape index (κ3) is 2.58. The van der Waals surface area contributed by atoms with E-state index in [9.17, 15) is 5.11 Å². The van der Waals surface area contributed by atoms with Gasteiger partial charge < -0.3 is 10.4 Å². The van der Waals surface area contributed by atoms with Crippen LogP contribution in [0.4, 0.5) is 5.69 Å². The van der Waals surface area contributed by atoms with Crippen LogP contribution in [0.1, 0.15) is 5.01 Å². The van der Waals surface area contributed by atoms with Crippen molar-refractivity contribution in [3.8, 4) is 5.75 Å². The van der Waals surface area contributed by atoms with Gasteiger partial charge in [0.15, 0.2) is 5.75 Å². The Hall–Kier alpha value is -0.970. The summed E-state index contributed by atoms with van der Waals surface area (Å²) in [4.78, 5) is 4.13. The third-order valence-corrected chi connectivity index (χ3v) is 3.30. The summed E-state index contributed by atoms with van der Waals surface area (Å²) in [5.74, 6) is -0.0943. The van der Waals surface area contributed by atoms with Crippen molar-refractivity contribution in [2.45, 2.75) is 6.54 Å². The van der Waals surface area contributed by atoms with E-state index in [2.05, 4.69) is 10.3 Å². The molecule has 0 aliphatic carbocycles. The highest BCUT2D eigenvalue weighted by Crippen LogP contribution is 2.34. The highest BCUT2D eigenvalue weighted by Gasteiger charge is 2.06. The Labute approximate surface area is 107 Å². The Morgan fingerprint density at radius 1 is 1.31 bits per heavy atom. The standard InChI is InChI=1S/C10H8Cl2N2OS/c11-7-3-6(4-8(12)10(7)15)14-5-9-13-1-2-16-9/h1-4,14-15H,5H2. The molecular formula is C10H8Cl2N2OS. The molecule has 0 saturated carbocycles. The molecule has 2 aromatic rings. The zero-order valence-corrected chi connectivity index (χ0v) is 10.4. The van der Waals surface area contributed by atoms with Gasteiger partial charge >= 0.3 is 0 Å². The Balaban J connectivity index is 2.10. The van der Waals surface area contributed by atoms with Gasteiger partial charge in [0, 0.05) is 17.3 Å². The maximum Gasteiger partial charge on any atom is 0.152 e. The van der Waals surface area contributed by atoms with Gasteiger partial charge in [0.1, 0.15) is 5.01 Å². The van der Waals surface area contributed by atoms with Crippen LogP contribution in [0.15, 0.2) is 23.7 Å². The van der Waals surface area contributed by atoms with Gasteiger partial charge in [-0.25, -0.2) is 4.98 Å². The molecule has 2 N–H and O–H groups in total. The van der Waals surface area contributed by atoms with Crippen LogP contribution in [0.25, 0.3) is 0 Å². The minimum Gasteiger partial charge on any atom is -0.505 e. The van der Waals surface area contributed by atoms with Gasteiger partial charge in [-0.05, 0) is 12.1 Å². The first-order valence-electron chi connectivity index (χ1n) is 4.47. The van der Waals surface area contributed by atoms with Gasteiger partial charge in [-0.2, -0.15) is 0 Å². The number of hydrogen-bond acceptors (Lipinski definition) is 4. The summed E-state index contributed by atoms with van der Waals surface area (Å²) >= 11 is 13.1. The van der Waals surface area contributed by atoms with E-state index in [1.807, 2.05) is 5.38 Å². The van der Waals surface area contributed by atoms with E-state index in [1.54, 1.807) is 29.7 Å². The number of aromatic nitrogens is 1. The Morgan fingerprint density at radius 2 is 2.00 bits per heavy atom. The van der Waals surface area contributed by atoms with Gasteiger partial charge in [0.05, 0.1) is 16.6 Å². The second kappa shape index (κ2) is 4.91. The SMILES string of the molecule is Oc1c(Cl)cc(NCc2nccs2)cc1Cl. The molecule has 0 aliphatic rings. The molecular weight excluding hydrogens is 267 g/mol. The largest absolute Gasteiger partial charge is 0.505 e. The van der Waals surface area contributed by atoms with E-state index in [-0.39, 0.29) is 15.8 Å². The number of aromatic hydroxyl groups is 1. The van der Waals surface area contributed by atoms with Crippen LogP contribution in [-0.2, 0) is 6.54 Å². The van der Waals surface area contributed by atoms with Crippen molar-refractivity contribution < 1.29 is 5.11 Å². The van der Waals surface area contributed by atoms with Crippen molar-refractivity contribution in [2.75, 3.05) is 5.32 Å². The maximum absolute atomic E-state index is 9.38. The van der Waals surface area contributed by atoms with Gasteiger partial charge in [-0.1, -0.05) is 23.2 Å². The highest BCUT2D eigenvalue weighted by molar-refractivity contribution is 7.09. The predicted molar refractivity (Wildman–Crippen MR) is 67.6 cm³/mol. The number of phenols is 1. The molecule has 1 aromatic heterocycles. The second-order valence-corrected chi connectivity index (χ2v) is 4.86. The maximum atomic E-state index is 9.38. The van der Waals surface area contributed by atoms with Gasteiger partial charge in [-0.3, -0.25) is 0 Å². The van der Waals surface area contributed by atoms with Crippen molar-refractivity contribution in [1.29, 1.82) is 0 Å². The molecule has 0 amide bonds. The predicted octanol–water partition coefficient (Wildman–Crippen LogP) is 3.77. The van der Waals surface area contributed by atoms with Crippen molar-refractivity contribution in [2.24, 2.45) is 0 Å². The second-order valence-electron chi connectivity index (χ2n) is 3.07. The van der Waals surface area contributed by atoms with Crippen LogP contribution < -0.4 is 5.32 Å². The fraction of sp³-hybridized carbons (Fsp3) is 0.100. The minimum atomic E-state index is -0.0943. The number of nitrogens with zero attached hydrogens (tertiary/aromatic N) is 1. The van der Waals surface area contributed by atoms with Gasteiger partial charge in [0.25, 0.3) is 0 Å². The van der Waals surface area contributed by atoms with E-state index >= 15 is 0 Å². The lowest BCUT2D eigenvalue weighted by atomic mass is 10.3. The molecule has 84 valence electrons. The number of nitrogens with one attached hydrogen (secondary N) is 1.